The number of rotatable bonds is 3. The summed E-state index contributed by atoms with van der Waals surface area (Å²) in [4.78, 5) is 0. The van der Waals surface area contributed by atoms with Gasteiger partial charge in [-0.1, -0.05) is 28.1 Å². The standard InChI is InChI=1S/C11H9BrClN3O2S/c12-8-3-1-2-7(6-8)10-14-15-11(19(13,17)18)16(10)9-4-5-9/h1-3,6,9H,4-5H2. The fourth-order valence-electron chi connectivity index (χ4n) is 1.93. The molecular weight excluding hydrogens is 354 g/mol. The summed E-state index contributed by atoms with van der Waals surface area (Å²) in [5.41, 5.74) is 0.806. The fourth-order valence-corrected chi connectivity index (χ4v) is 3.25. The van der Waals surface area contributed by atoms with Crippen LogP contribution in [0.15, 0.2) is 33.9 Å². The summed E-state index contributed by atoms with van der Waals surface area (Å²) < 4.78 is 25.6. The molecule has 0 unspecified atom stereocenters. The van der Waals surface area contributed by atoms with E-state index in [2.05, 4.69) is 26.1 Å². The summed E-state index contributed by atoms with van der Waals surface area (Å²) in [6.07, 6.45) is 1.83. The molecule has 0 spiro atoms. The van der Waals surface area contributed by atoms with E-state index in [0.29, 0.717) is 5.82 Å². The van der Waals surface area contributed by atoms with E-state index < -0.39 is 9.05 Å². The van der Waals surface area contributed by atoms with Crippen molar-refractivity contribution in [1.29, 1.82) is 0 Å². The summed E-state index contributed by atoms with van der Waals surface area (Å²) in [5.74, 6) is 0.531. The molecule has 0 aliphatic heterocycles. The van der Waals surface area contributed by atoms with Crippen LogP contribution in [0, 0.1) is 0 Å². The molecule has 1 heterocycles. The molecule has 1 aromatic carbocycles. The molecule has 1 aliphatic carbocycles. The van der Waals surface area contributed by atoms with E-state index in [0.717, 1.165) is 22.9 Å². The molecular formula is C11H9BrClN3O2S. The van der Waals surface area contributed by atoms with Crippen LogP contribution in [-0.4, -0.2) is 23.2 Å². The molecule has 0 bridgehead atoms. The summed E-state index contributed by atoms with van der Waals surface area (Å²) >= 11 is 3.38. The van der Waals surface area contributed by atoms with Crippen molar-refractivity contribution in [1.82, 2.24) is 14.8 Å². The van der Waals surface area contributed by atoms with Crippen molar-refractivity contribution in [3.05, 3.63) is 28.7 Å². The van der Waals surface area contributed by atoms with Crippen LogP contribution in [0.1, 0.15) is 18.9 Å². The second-order valence-electron chi connectivity index (χ2n) is 4.36. The van der Waals surface area contributed by atoms with E-state index >= 15 is 0 Å². The zero-order chi connectivity index (χ0) is 13.6. The van der Waals surface area contributed by atoms with Gasteiger partial charge in [-0.2, -0.15) is 0 Å². The van der Waals surface area contributed by atoms with Gasteiger partial charge in [-0.25, -0.2) is 8.42 Å². The lowest BCUT2D eigenvalue weighted by molar-refractivity contribution is 0.579. The molecule has 3 rings (SSSR count). The largest absolute Gasteiger partial charge is 0.296 e. The lowest BCUT2D eigenvalue weighted by atomic mass is 10.2. The first-order valence-corrected chi connectivity index (χ1v) is 8.72. The minimum absolute atomic E-state index is 0.118. The molecule has 1 aromatic heterocycles. The van der Waals surface area contributed by atoms with Crippen LogP contribution in [0.3, 0.4) is 0 Å². The highest BCUT2D eigenvalue weighted by atomic mass is 79.9. The average Bonchev–Trinajstić information content (AvgIpc) is 3.06. The number of hydrogen-bond acceptors (Lipinski definition) is 4. The summed E-state index contributed by atoms with van der Waals surface area (Å²) in [6, 6.07) is 7.60. The minimum atomic E-state index is -3.89. The smallest absolute Gasteiger partial charge is 0.294 e. The normalized spacial score (nSPS) is 15.7. The van der Waals surface area contributed by atoms with Crippen LogP contribution < -0.4 is 0 Å². The second-order valence-corrected chi connectivity index (χ2v) is 7.73. The van der Waals surface area contributed by atoms with Crippen molar-refractivity contribution in [2.75, 3.05) is 0 Å². The van der Waals surface area contributed by atoms with Gasteiger partial charge in [0.1, 0.15) is 0 Å². The SMILES string of the molecule is O=S(=O)(Cl)c1nnc(-c2cccc(Br)c2)n1C1CC1. The number of halogens is 2. The monoisotopic (exact) mass is 361 g/mol. The topological polar surface area (TPSA) is 64.8 Å². The molecule has 2 aromatic rings. The number of nitrogens with zero attached hydrogens (tertiary/aromatic N) is 3. The van der Waals surface area contributed by atoms with Crippen LogP contribution in [-0.2, 0) is 9.05 Å². The quantitative estimate of drug-likeness (QED) is 0.787. The van der Waals surface area contributed by atoms with Gasteiger partial charge in [0.2, 0.25) is 0 Å². The Morgan fingerprint density at radius 3 is 2.63 bits per heavy atom. The average molecular weight is 363 g/mol. The first-order valence-electron chi connectivity index (χ1n) is 5.62. The van der Waals surface area contributed by atoms with E-state index in [9.17, 15) is 8.42 Å². The first kappa shape index (κ1) is 13.1. The minimum Gasteiger partial charge on any atom is -0.294 e. The Morgan fingerprint density at radius 1 is 1.32 bits per heavy atom. The van der Waals surface area contributed by atoms with Crippen LogP contribution in [0.2, 0.25) is 0 Å². The van der Waals surface area contributed by atoms with Crippen molar-refractivity contribution in [2.45, 2.75) is 24.0 Å². The van der Waals surface area contributed by atoms with Gasteiger partial charge in [0.15, 0.2) is 5.82 Å². The third kappa shape index (κ3) is 2.54. The van der Waals surface area contributed by atoms with Crippen molar-refractivity contribution >= 4 is 35.7 Å². The molecule has 1 fully saturated rings. The van der Waals surface area contributed by atoms with Crippen molar-refractivity contribution < 1.29 is 8.42 Å². The molecule has 0 N–H and O–H groups in total. The molecule has 1 aliphatic rings. The van der Waals surface area contributed by atoms with Crippen molar-refractivity contribution in [2.24, 2.45) is 0 Å². The highest BCUT2D eigenvalue weighted by Gasteiger charge is 2.34. The number of benzene rings is 1. The highest BCUT2D eigenvalue weighted by molar-refractivity contribution is 9.10. The molecule has 19 heavy (non-hydrogen) atoms. The molecule has 0 saturated heterocycles. The van der Waals surface area contributed by atoms with Crippen molar-refractivity contribution in [3.63, 3.8) is 0 Å². The lowest BCUT2D eigenvalue weighted by Gasteiger charge is -2.07. The van der Waals surface area contributed by atoms with E-state index in [1.807, 2.05) is 24.3 Å². The molecule has 0 amide bonds. The van der Waals surface area contributed by atoms with Gasteiger partial charge in [-0.05, 0) is 25.0 Å². The fraction of sp³-hybridized carbons (Fsp3) is 0.273. The Bertz CT molecular complexity index is 740. The Hall–Kier alpha value is -0.920. The van der Waals surface area contributed by atoms with E-state index in [-0.39, 0.29) is 11.2 Å². The van der Waals surface area contributed by atoms with Gasteiger partial charge in [0.25, 0.3) is 14.2 Å². The number of aromatic nitrogens is 3. The maximum Gasteiger partial charge on any atom is 0.296 e. The van der Waals surface area contributed by atoms with Gasteiger partial charge < -0.3 is 0 Å². The van der Waals surface area contributed by atoms with Crippen LogP contribution >= 0.6 is 26.6 Å². The predicted octanol–water partition coefficient (Wildman–Crippen LogP) is 2.97. The van der Waals surface area contributed by atoms with Gasteiger partial charge in [0, 0.05) is 26.8 Å². The Kier molecular flexibility index (Phi) is 3.15. The molecule has 0 radical (unpaired) electrons. The Morgan fingerprint density at radius 2 is 2.05 bits per heavy atom. The molecule has 0 atom stereocenters. The van der Waals surface area contributed by atoms with Crippen LogP contribution in [0.25, 0.3) is 11.4 Å². The van der Waals surface area contributed by atoms with E-state index in [1.54, 1.807) is 4.57 Å². The Labute approximate surface area is 123 Å². The van der Waals surface area contributed by atoms with Crippen LogP contribution in [0.4, 0.5) is 0 Å². The second kappa shape index (κ2) is 4.57. The molecule has 8 heteroatoms. The van der Waals surface area contributed by atoms with Crippen LogP contribution in [0.5, 0.6) is 0 Å². The lowest BCUT2D eigenvalue weighted by Crippen LogP contribution is -2.06. The third-order valence-electron chi connectivity index (χ3n) is 2.88. The van der Waals surface area contributed by atoms with Gasteiger partial charge in [-0.3, -0.25) is 4.57 Å². The summed E-state index contributed by atoms with van der Waals surface area (Å²) in [7, 11) is 1.52. The molecule has 100 valence electrons. The van der Waals surface area contributed by atoms with Gasteiger partial charge in [0.05, 0.1) is 0 Å². The summed E-state index contributed by atoms with van der Waals surface area (Å²) in [5, 5.41) is 7.54. The van der Waals surface area contributed by atoms with Gasteiger partial charge in [-0.15, -0.1) is 10.2 Å². The first-order chi connectivity index (χ1) is 8.97. The molecule has 1 saturated carbocycles. The van der Waals surface area contributed by atoms with Crippen molar-refractivity contribution in [3.8, 4) is 11.4 Å². The Balaban J connectivity index is 2.20. The summed E-state index contributed by atoms with van der Waals surface area (Å²) in [6.45, 7) is 0. The maximum atomic E-state index is 11.5. The van der Waals surface area contributed by atoms with Gasteiger partial charge >= 0.3 is 0 Å². The zero-order valence-corrected chi connectivity index (χ0v) is 12.8. The predicted molar refractivity (Wildman–Crippen MR) is 74.5 cm³/mol. The van der Waals surface area contributed by atoms with E-state index in [1.165, 1.54) is 0 Å². The number of hydrogen-bond donors (Lipinski definition) is 0. The van der Waals surface area contributed by atoms with E-state index in [4.69, 9.17) is 10.7 Å². The highest BCUT2D eigenvalue weighted by Crippen LogP contribution is 2.40. The maximum absolute atomic E-state index is 11.5. The third-order valence-corrected chi connectivity index (χ3v) is 4.50. The zero-order valence-electron chi connectivity index (χ0n) is 9.62. The molecule has 5 nitrogen and oxygen atoms in total.